The van der Waals surface area contributed by atoms with Crippen molar-refractivity contribution in [3.63, 3.8) is 0 Å². The third kappa shape index (κ3) is 3.26. The monoisotopic (exact) mass is 392 g/mol. The van der Waals surface area contributed by atoms with Crippen LogP contribution >= 0.6 is 0 Å². The highest BCUT2D eigenvalue weighted by atomic mass is 16.3. The molecule has 3 N–H and O–H groups in total. The van der Waals surface area contributed by atoms with Crippen LogP contribution in [-0.4, -0.2) is 25.8 Å². The number of fused-ring (bicyclic) bond motifs is 1. The van der Waals surface area contributed by atoms with Gasteiger partial charge in [0, 0.05) is 16.5 Å². The number of rotatable bonds is 4. The summed E-state index contributed by atoms with van der Waals surface area (Å²) in [6, 6.07) is 25.7. The fraction of sp³-hybridized carbons (Fsp3) is 0.0400. The fourth-order valence-electron chi connectivity index (χ4n) is 3.64. The summed E-state index contributed by atoms with van der Waals surface area (Å²) in [5.41, 5.74) is 6.05. The summed E-state index contributed by atoms with van der Waals surface area (Å²) >= 11 is 0. The van der Waals surface area contributed by atoms with Crippen LogP contribution in [0, 0.1) is 6.92 Å². The van der Waals surface area contributed by atoms with E-state index < -0.39 is 0 Å². The highest BCUT2D eigenvalue weighted by Gasteiger charge is 2.18. The van der Waals surface area contributed by atoms with E-state index in [9.17, 15) is 5.11 Å². The number of para-hydroxylation sites is 1. The van der Waals surface area contributed by atoms with Crippen molar-refractivity contribution >= 4 is 22.3 Å². The Hall–Kier alpha value is -4.12. The molecule has 2 heterocycles. The standard InChI is InChI=1S/C25H20N4O/c1-16-26-15-22(27-16)17-11-13-19(14-12-17)28-24(18-7-3-2-4-8-18)23-20-9-5-6-10-21(20)29-25(23)30/h2-15,29-30H,1H3,(H,26,27). The first-order valence-corrected chi connectivity index (χ1v) is 9.75. The molecule has 146 valence electrons. The van der Waals surface area contributed by atoms with Crippen LogP contribution < -0.4 is 0 Å². The summed E-state index contributed by atoms with van der Waals surface area (Å²) in [6.45, 7) is 1.93. The molecule has 3 aromatic carbocycles. The van der Waals surface area contributed by atoms with Gasteiger partial charge in [-0.3, -0.25) is 0 Å². The number of aromatic nitrogens is 3. The molecule has 2 aromatic heterocycles. The summed E-state index contributed by atoms with van der Waals surface area (Å²) in [7, 11) is 0. The molecular formula is C25H20N4O. The number of nitrogens with zero attached hydrogens (tertiary/aromatic N) is 2. The van der Waals surface area contributed by atoms with Crippen molar-refractivity contribution in [2.24, 2.45) is 4.99 Å². The predicted octanol–water partition coefficient (Wildman–Crippen LogP) is 5.74. The predicted molar refractivity (Wildman–Crippen MR) is 120 cm³/mol. The summed E-state index contributed by atoms with van der Waals surface area (Å²) in [5.74, 6) is 0.997. The van der Waals surface area contributed by atoms with E-state index in [1.165, 1.54) is 0 Å². The third-order valence-electron chi connectivity index (χ3n) is 5.09. The number of H-pyrrole nitrogens is 2. The molecular weight excluding hydrogens is 372 g/mol. The van der Waals surface area contributed by atoms with Crippen LogP contribution in [-0.2, 0) is 0 Å². The molecule has 5 nitrogen and oxygen atoms in total. The van der Waals surface area contributed by atoms with Gasteiger partial charge in [0.1, 0.15) is 5.82 Å². The van der Waals surface area contributed by atoms with E-state index in [-0.39, 0.29) is 5.88 Å². The second kappa shape index (κ2) is 7.37. The molecule has 0 amide bonds. The minimum Gasteiger partial charge on any atom is -0.494 e. The Morgan fingerprint density at radius 1 is 0.867 bits per heavy atom. The van der Waals surface area contributed by atoms with Gasteiger partial charge < -0.3 is 15.1 Å². The first-order valence-electron chi connectivity index (χ1n) is 9.75. The Labute approximate surface area is 173 Å². The zero-order valence-corrected chi connectivity index (χ0v) is 16.4. The van der Waals surface area contributed by atoms with Gasteiger partial charge in [-0.2, -0.15) is 0 Å². The quantitative estimate of drug-likeness (QED) is 0.341. The lowest BCUT2D eigenvalue weighted by Gasteiger charge is -2.08. The average Bonchev–Trinajstić information content (AvgIpc) is 3.35. The topological polar surface area (TPSA) is 77.1 Å². The average molecular weight is 392 g/mol. The van der Waals surface area contributed by atoms with Gasteiger partial charge in [-0.15, -0.1) is 0 Å². The molecule has 0 aliphatic rings. The van der Waals surface area contributed by atoms with Gasteiger partial charge in [0.25, 0.3) is 0 Å². The second-order valence-corrected chi connectivity index (χ2v) is 7.15. The van der Waals surface area contributed by atoms with Crippen LogP contribution in [0.2, 0.25) is 0 Å². The van der Waals surface area contributed by atoms with Gasteiger partial charge in [0.15, 0.2) is 5.88 Å². The van der Waals surface area contributed by atoms with Crippen molar-refractivity contribution in [1.29, 1.82) is 0 Å². The maximum atomic E-state index is 10.7. The van der Waals surface area contributed by atoms with E-state index in [4.69, 9.17) is 4.99 Å². The van der Waals surface area contributed by atoms with Gasteiger partial charge in [-0.25, -0.2) is 9.98 Å². The molecule has 0 radical (unpaired) electrons. The summed E-state index contributed by atoms with van der Waals surface area (Å²) in [6.07, 6.45) is 1.83. The van der Waals surface area contributed by atoms with Crippen LogP contribution in [0.25, 0.3) is 22.2 Å². The van der Waals surface area contributed by atoms with E-state index in [0.29, 0.717) is 5.56 Å². The van der Waals surface area contributed by atoms with Gasteiger partial charge in [0.05, 0.1) is 28.9 Å². The van der Waals surface area contributed by atoms with Crippen molar-refractivity contribution in [3.8, 4) is 17.1 Å². The molecule has 0 fully saturated rings. The van der Waals surface area contributed by atoms with Crippen LogP contribution in [0.15, 0.2) is 90.1 Å². The first-order chi connectivity index (χ1) is 14.7. The van der Waals surface area contributed by atoms with Crippen LogP contribution in [0.5, 0.6) is 5.88 Å². The molecule has 30 heavy (non-hydrogen) atoms. The number of aromatic amines is 2. The Balaban J connectivity index is 1.64. The Bertz CT molecular complexity index is 1350. The molecule has 0 atom stereocenters. The van der Waals surface area contributed by atoms with E-state index in [0.717, 1.165) is 44.9 Å². The molecule has 5 heteroatoms. The lowest BCUT2D eigenvalue weighted by Crippen LogP contribution is -2.02. The molecule has 0 aliphatic carbocycles. The number of aryl methyl sites for hydroxylation is 1. The number of hydrogen-bond donors (Lipinski definition) is 3. The van der Waals surface area contributed by atoms with Crippen LogP contribution in [0.1, 0.15) is 17.0 Å². The van der Waals surface area contributed by atoms with E-state index in [2.05, 4.69) is 15.0 Å². The highest BCUT2D eigenvalue weighted by molar-refractivity contribution is 6.21. The molecule has 0 saturated carbocycles. The smallest absolute Gasteiger partial charge is 0.199 e. The molecule has 0 bridgehead atoms. The second-order valence-electron chi connectivity index (χ2n) is 7.15. The van der Waals surface area contributed by atoms with Gasteiger partial charge in [-0.05, 0) is 30.7 Å². The maximum absolute atomic E-state index is 10.7. The van der Waals surface area contributed by atoms with E-state index >= 15 is 0 Å². The van der Waals surface area contributed by atoms with E-state index in [1.54, 1.807) is 0 Å². The fourth-order valence-corrected chi connectivity index (χ4v) is 3.64. The summed E-state index contributed by atoms with van der Waals surface area (Å²) < 4.78 is 0. The van der Waals surface area contributed by atoms with Crippen LogP contribution in [0.3, 0.4) is 0 Å². The van der Waals surface area contributed by atoms with Crippen molar-refractivity contribution in [1.82, 2.24) is 15.0 Å². The number of hydrogen-bond acceptors (Lipinski definition) is 3. The highest BCUT2D eigenvalue weighted by Crippen LogP contribution is 2.31. The minimum absolute atomic E-state index is 0.114. The zero-order valence-electron chi connectivity index (χ0n) is 16.4. The molecule has 5 rings (SSSR count). The van der Waals surface area contributed by atoms with Crippen molar-refractivity contribution < 1.29 is 5.11 Å². The Morgan fingerprint density at radius 3 is 2.33 bits per heavy atom. The Kier molecular flexibility index (Phi) is 4.41. The molecule has 5 aromatic rings. The summed E-state index contributed by atoms with van der Waals surface area (Å²) in [4.78, 5) is 15.5. The SMILES string of the molecule is Cc1ncc(-c2ccc(N=C(c3ccccc3)c3c(O)[nH]c4ccccc34)cc2)[nH]1. The number of aliphatic imine (C=N–C) groups is 1. The minimum atomic E-state index is 0.114. The first kappa shape index (κ1) is 17.9. The molecule has 0 spiro atoms. The Morgan fingerprint density at radius 2 is 1.60 bits per heavy atom. The normalized spacial score (nSPS) is 11.8. The van der Waals surface area contributed by atoms with E-state index in [1.807, 2.05) is 92.0 Å². The van der Waals surface area contributed by atoms with Crippen molar-refractivity contribution in [2.45, 2.75) is 6.92 Å². The largest absolute Gasteiger partial charge is 0.494 e. The lowest BCUT2D eigenvalue weighted by atomic mass is 10.0. The third-order valence-corrected chi connectivity index (χ3v) is 5.09. The van der Waals surface area contributed by atoms with Gasteiger partial charge in [0.2, 0.25) is 0 Å². The number of imidazole rings is 1. The van der Waals surface area contributed by atoms with Gasteiger partial charge >= 0.3 is 0 Å². The maximum Gasteiger partial charge on any atom is 0.199 e. The number of aromatic hydroxyl groups is 1. The molecule has 0 saturated heterocycles. The van der Waals surface area contributed by atoms with Crippen molar-refractivity contribution in [3.05, 3.63) is 102 Å². The van der Waals surface area contributed by atoms with Crippen molar-refractivity contribution in [2.75, 3.05) is 0 Å². The van der Waals surface area contributed by atoms with Gasteiger partial charge in [-0.1, -0.05) is 60.7 Å². The number of nitrogens with one attached hydrogen (secondary N) is 2. The molecule has 0 aliphatic heterocycles. The number of benzene rings is 3. The molecule has 0 unspecified atom stereocenters. The zero-order chi connectivity index (χ0) is 20.5. The lowest BCUT2D eigenvalue weighted by molar-refractivity contribution is 0.457. The summed E-state index contributed by atoms with van der Waals surface area (Å²) in [5, 5.41) is 11.6. The van der Waals surface area contributed by atoms with Crippen LogP contribution in [0.4, 0.5) is 5.69 Å².